The maximum absolute atomic E-state index is 12.8. The fourth-order valence-electron chi connectivity index (χ4n) is 3.49. The van der Waals surface area contributed by atoms with Crippen molar-refractivity contribution in [1.82, 2.24) is 24.6 Å². The molecule has 2 atom stereocenters. The summed E-state index contributed by atoms with van der Waals surface area (Å²) in [6.07, 6.45) is 7.24. The number of hydrogen-bond donors (Lipinski definition) is 1. The molecule has 0 saturated carbocycles. The molecule has 1 amide bonds. The number of carbonyl (C=O) groups excluding carboxylic acids is 1. The number of nitrogens with zero attached hydrogens (tertiary/aromatic N) is 4. The number of benzene rings is 1. The summed E-state index contributed by atoms with van der Waals surface area (Å²) < 4.78 is 9.78. The van der Waals surface area contributed by atoms with Crippen molar-refractivity contribution in [2.24, 2.45) is 7.05 Å². The lowest BCUT2D eigenvalue weighted by atomic mass is 9.97. The molecule has 0 radical (unpaired) electrons. The van der Waals surface area contributed by atoms with Gasteiger partial charge in [0, 0.05) is 37.5 Å². The Morgan fingerprint density at radius 3 is 3.12 bits per heavy atom. The smallest absolute Gasteiger partial charge is 0.251 e. The molecular formula is C19H23N5O2. The molecule has 0 bridgehead atoms. The first-order chi connectivity index (χ1) is 12.7. The highest BCUT2D eigenvalue weighted by atomic mass is 16.5. The largest absolute Gasteiger partial charge is 0.371 e. The zero-order valence-electron chi connectivity index (χ0n) is 15.1. The molecule has 1 fully saturated rings. The van der Waals surface area contributed by atoms with Gasteiger partial charge >= 0.3 is 0 Å². The number of amides is 1. The van der Waals surface area contributed by atoms with Gasteiger partial charge in [-0.15, -0.1) is 0 Å². The maximum atomic E-state index is 12.8. The Hall–Kier alpha value is -2.67. The molecule has 7 heteroatoms. The minimum absolute atomic E-state index is 0.0646. The molecule has 1 aromatic carbocycles. The van der Waals surface area contributed by atoms with E-state index in [9.17, 15) is 4.79 Å². The lowest BCUT2D eigenvalue weighted by Crippen LogP contribution is -2.42. The number of hydrogen-bond acceptors (Lipinski definition) is 4. The van der Waals surface area contributed by atoms with Gasteiger partial charge in [0.15, 0.2) is 0 Å². The zero-order valence-corrected chi connectivity index (χ0v) is 15.1. The highest BCUT2D eigenvalue weighted by Crippen LogP contribution is 2.28. The topological polar surface area (TPSA) is 74.0 Å². The molecular weight excluding hydrogens is 330 g/mol. The average Bonchev–Trinajstić information content (AvgIpc) is 3.29. The van der Waals surface area contributed by atoms with Gasteiger partial charge in [-0.2, -0.15) is 5.10 Å². The normalized spacial score (nSPS) is 20.4. The molecule has 1 aliphatic heterocycles. The molecule has 136 valence electrons. The fourth-order valence-corrected chi connectivity index (χ4v) is 3.49. The SMILES string of the molecule is CCn1cc([C@H]2OCCC[C@@H]2NC(=O)c2ccc3c(c2)ncn3C)cn1. The van der Waals surface area contributed by atoms with Crippen molar-refractivity contribution in [1.29, 1.82) is 0 Å². The van der Waals surface area contributed by atoms with Crippen LogP contribution in [0.25, 0.3) is 11.0 Å². The van der Waals surface area contributed by atoms with Crippen molar-refractivity contribution in [3.05, 3.63) is 48.0 Å². The Labute approximate surface area is 152 Å². The number of carbonyl (C=O) groups is 1. The molecule has 0 unspecified atom stereocenters. The summed E-state index contributed by atoms with van der Waals surface area (Å²) in [5.41, 5.74) is 3.45. The molecule has 4 rings (SSSR count). The van der Waals surface area contributed by atoms with Crippen molar-refractivity contribution in [2.75, 3.05) is 6.61 Å². The average molecular weight is 353 g/mol. The number of aryl methyl sites for hydroxylation is 2. The van der Waals surface area contributed by atoms with E-state index in [1.807, 2.05) is 53.8 Å². The minimum atomic E-state index is -0.161. The Kier molecular flexibility index (Phi) is 4.46. The van der Waals surface area contributed by atoms with Gasteiger partial charge in [-0.1, -0.05) is 0 Å². The van der Waals surface area contributed by atoms with Crippen LogP contribution in [-0.2, 0) is 18.3 Å². The van der Waals surface area contributed by atoms with Crippen LogP contribution in [0, 0.1) is 0 Å². The number of rotatable bonds is 4. The second-order valence-electron chi connectivity index (χ2n) is 6.70. The Bertz CT molecular complexity index is 929. The van der Waals surface area contributed by atoms with E-state index in [0.717, 1.165) is 36.0 Å². The lowest BCUT2D eigenvalue weighted by Gasteiger charge is -2.31. The van der Waals surface area contributed by atoms with Gasteiger partial charge in [-0.25, -0.2) is 4.98 Å². The quantitative estimate of drug-likeness (QED) is 0.782. The van der Waals surface area contributed by atoms with Gasteiger partial charge in [0.25, 0.3) is 5.91 Å². The molecule has 2 aromatic heterocycles. The number of ether oxygens (including phenoxy) is 1. The summed E-state index contributed by atoms with van der Waals surface area (Å²) in [5.74, 6) is -0.0964. The predicted octanol–water partition coefficient (Wildman–Crippen LogP) is 2.44. The second kappa shape index (κ2) is 6.92. The van der Waals surface area contributed by atoms with E-state index in [-0.39, 0.29) is 18.1 Å². The monoisotopic (exact) mass is 353 g/mol. The second-order valence-corrected chi connectivity index (χ2v) is 6.70. The Morgan fingerprint density at radius 2 is 2.31 bits per heavy atom. The molecule has 0 aliphatic carbocycles. The summed E-state index contributed by atoms with van der Waals surface area (Å²) in [7, 11) is 1.94. The van der Waals surface area contributed by atoms with Crippen LogP contribution in [0.1, 0.15) is 41.8 Å². The fraction of sp³-hybridized carbons (Fsp3) is 0.421. The molecule has 1 saturated heterocycles. The predicted molar refractivity (Wildman–Crippen MR) is 97.8 cm³/mol. The van der Waals surface area contributed by atoms with E-state index in [1.54, 1.807) is 6.33 Å². The van der Waals surface area contributed by atoms with Crippen LogP contribution in [0.2, 0.25) is 0 Å². The van der Waals surface area contributed by atoms with Crippen LogP contribution in [0.5, 0.6) is 0 Å². The molecule has 3 heterocycles. The van der Waals surface area contributed by atoms with Crippen LogP contribution in [0.3, 0.4) is 0 Å². The van der Waals surface area contributed by atoms with Crippen LogP contribution in [0.15, 0.2) is 36.9 Å². The van der Waals surface area contributed by atoms with Crippen LogP contribution >= 0.6 is 0 Å². The third-order valence-corrected chi connectivity index (χ3v) is 4.93. The maximum Gasteiger partial charge on any atom is 0.251 e. The van der Waals surface area contributed by atoms with E-state index < -0.39 is 0 Å². The lowest BCUT2D eigenvalue weighted by molar-refractivity contribution is -0.00950. The number of fused-ring (bicyclic) bond motifs is 1. The van der Waals surface area contributed by atoms with Crippen molar-refractivity contribution >= 4 is 16.9 Å². The molecule has 3 aromatic rings. The first-order valence-corrected chi connectivity index (χ1v) is 9.01. The first kappa shape index (κ1) is 16.8. The standard InChI is InChI=1S/C19H23N5O2/c1-3-24-11-14(10-21-24)18-15(5-4-8-26-18)22-19(25)13-6-7-17-16(9-13)20-12-23(17)2/h6-7,9-12,15,18H,3-5,8H2,1-2H3,(H,22,25)/t15-,18+/m0/s1. The first-order valence-electron chi connectivity index (χ1n) is 9.01. The van der Waals surface area contributed by atoms with Gasteiger partial charge in [0.05, 0.1) is 29.6 Å². The molecule has 1 N–H and O–H groups in total. The van der Waals surface area contributed by atoms with Gasteiger partial charge in [-0.05, 0) is 38.0 Å². The highest BCUT2D eigenvalue weighted by Gasteiger charge is 2.30. The summed E-state index contributed by atoms with van der Waals surface area (Å²) in [6.45, 7) is 3.56. The molecule has 0 spiro atoms. The Morgan fingerprint density at radius 1 is 1.42 bits per heavy atom. The van der Waals surface area contributed by atoms with Crippen molar-refractivity contribution in [3.63, 3.8) is 0 Å². The summed E-state index contributed by atoms with van der Waals surface area (Å²) in [4.78, 5) is 17.1. The minimum Gasteiger partial charge on any atom is -0.371 e. The van der Waals surface area contributed by atoms with Gasteiger partial charge in [-0.3, -0.25) is 9.48 Å². The third-order valence-electron chi connectivity index (χ3n) is 4.93. The van der Waals surface area contributed by atoms with E-state index >= 15 is 0 Å². The van der Waals surface area contributed by atoms with E-state index in [0.29, 0.717) is 12.2 Å². The van der Waals surface area contributed by atoms with Crippen LogP contribution in [-0.4, -0.2) is 37.9 Å². The summed E-state index contributed by atoms with van der Waals surface area (Å²) in [5, 5.41) is 7.48. The number of aromatic nitrogens is 4. The highest BCUT2D eigenvalue weighted by molar-refractivity contribution is 5.97. The molecule has 7 nitrogen and oxygen atoms in total. The Balaban J connectivity index is 1.53. The third kappa shape index (κ3) is 3.10. The van der Waals surface area contributed by atoms with E-state index in [1.165, 1.54) is 0 Å². The number of imidazole rings is 1. The van der Waals surface area contributed by atoms with E-state index in [4.69, 9.17) is 4.74 Å². The van der Waals surface area contributed by atoms with Crippen molar-refractivity contribution < 1.29 is 9.53 Å². The van der Waals surface area contributed by atoms with Crippen LogP contribution < -0.4 is 5.32 Å². The summed E-state index contributed by atoms with van der Waals surface area (Å²) >= 11 is 0. The van der Waals surface area contributed by atoms with Crippen LogP contribution in [0.4, 0.5) is 0 Å². The summed E-state index contributed by atoms with van der Waals surface area (Å²) in [6, 6.07) is 5.54. The zero-order chi connectivity index (χ0) is 18.1. The number of nitrogens with one attached hydrogen (secondary N) is 1. The molecule has 26 heavy (non-hydrogen) atoms. The van der Waals surface area contributed by atoms with Crippen molar-refractivity contribution in [3.8, 4) is 0 Å². The van der Waals surface area contributed by atoms with E-state index in [2.05, 4.69) is 15.4 Å². The van der Waals surface area contributed by atoms with Gasteiger partial charge < -0.3 is 14.6 Å². The molecule has 1 aliphatic rings. The van der Waals surface area contributed by atoms with Gasteiger partial charge in [0.2, 0.25) is 0 Å². The van der Waals surface area contributed by atoms with Crippen molar-refractivity contribution in [2.45, 2.75) is 38.5 Å². The van der Waals surface area contributed by atoms with Gasteiger partial charge in [0.1, 0.15) is 6.10 Å².